The van der Waals surface area contributed by atoms with Crippen molar-refractivity contribution in [2.75, 3.05) is 19.6 Å². The Kier molecular flexibility index (Phi) is 4.00. The molecule has 1 aliphatic carbocycles. The van der Waals surface area contributed by atoms with Gasteiger partial charge in [-0.15, -0.1) is 0 Å². The maximum Gasteiger partial charge on any atom is 0.0695 e. The van der Waals surface area contributed by atoms with Crippen LogP contribution in [-0.4, -0.2) is 47.8 Å². The second-order valence-electron chi connectivity index (χ2n) is 4.93. The van der Waals surface area contributed by atoms with Crippen LogP contribution < -0.4 is 5.32 Å². The van der Waals surface area contributed by atoms with Crippen molar-refractivity contribution in [3.8, 4) is 0 Å². The molecule has 2 aliphatic rings. The minimum Gasteiger partial charge on any atom is -0.391 e. The van der Waals surface area contributed by atoms with Crippen LogP contribution in [0.2, 0.25) is 0 Å². The summed E-state index contributed by atoms with van der Waals surface area (Å²) in [6.45, 7) is 5.59. The van der Waals surface area contributed by atoms with Gasteiger partial charge in [-0.3, -0.25) is 4.90 Å². The summed E-state index contributed by atoms with van der Waals surface area (Å²) in [5, 5.41) is 13.4. The highest BCUT2D eigenvalue weighted by Crippen LogP contribution is 2.26. The smallest absolute Gasteiger partial charge is 0.0695 e. The van der Waals surface area contributed by atoms with E-state index in [-0.39, 0.29) is 6.10 Å². The van der Waals surface area contributed by atoms with Gasteiger partial charge in [0.05, 0.1) is 6.10 Å². The van der Waals surface area contributed by atoms with Crippen LogP contribution in [0.3, 0.4) is 0 Å². The minimum atomic E-state index is -0.0549. The molecule has 15 heavy (non-hydrogen) atoms. The Bertz CT molecular complexity index is 190. The van der Waals surface area contributed by atoms with Crippen LogP contribution in [-0.2, 0) is 0 Å². The number of nitrogens with one attached hydrogen (secondary N) is 1. The fourth-order valence-corrected chi connectivity index (χ4v) is 3.07. The van der Waals surface area contributed by atoms with E-state index in [2.05, 4.69) is 17.1 Å². The maximum atomic E-state index is 9.85. The first-order valence-electron chi connectivity index (χ1n) is 6.46. The molecule has 2 rings (SSSR count). The van der Waals surface area contributed by atoms with E-state index in [1.807, 2.05) is 0 Å². The van der Waals surface area contributed by atoms with Crippen molar-refractivity contribution in [1.29, 1.82) is 0 Å². The summed E-state index contributed by atoms with van der Waals surface area (Å²) < 4.78 is 0. The molecule has 0 aromatic carbocycles. The zero-order valence-corrected chi connectivity index (χ0v) is 9.78. The molecule has 1 saturated heterocycles. The number of hydrogen-bond donors (Lipinski definition) is 2. The summed E-state index contributed by atoms with van der Waals surface area (Å²) in [5.41, 5.74) is 0. The van der Waals surface area contributed by atoms with Gasteiger partial charge in [-0.25, -0.2) is 0 Å². The molecule has 0 radical (unpaired) electrons. The number of aliphatic hydroxyl groups excluding tert-OH is 1. The van der Waals surface area contributed by atoms with E-state index in [4.69, 9.17) is 0 Å². The predicted octanol–water partition coefficient (Wildman–Crippen LogP) is 0.974. The van der Waals surface area contributed by atoms with Crippen molar-refractivity contribution in [2.45, 2.75) is 57.2 Å². The fraction of sp³-hybridized carbons (Fsp3) is 1.00. The second-order valence-corrected chi connectivity index (χ2v) is 4.93. The van der Waals surface area contributed by atoms with Crippen LogP contribution in [0.1, 0.15) is 39.0 Å². The molecule has 2 N–H and O–H groups in total. The van der Waals surface area contributed by atoms with Crippen molar-refractivity contribution in [3.05, 3.63) is 0 Å². The molecule has 0 amide bonds. The first kappa shape index (κ1) is 11.4. The molecule has 3 nitrogen and oxygen atoms in total. The first-order chi connectivity index (χ1) is 7.31. The van der Waals surface area contributed by atoms with E-state index in [1.165, 1.54) is 38.8 Å². The van der Waals surface area contributed by atoms with Gasteiger partial charge in [0.25, 0.3) is 0 Å². The van der Waals surface area contributed by atoms with Crippen molar-refractivity contribution in [1.82, 2.24) is 10.2 Å². The van der Waals surface area contributed by atoms with Gasteiger partial charge in [-0.05, 0) is 38.6 Å². The molecule has 0 aromatic rings. The van der Waals surface area contributed by atoms with Crippen molar-refractivity contribution < 1.29 is 5.11 Å². The standard InChI is InChI=1S/C12H24N2O/c1-2-13-10-6-8-14(9-7-10)11-4-3-5-12(11)15/h10-13,15H,2-9H2,1H3. The van der Waals surface area contributed by atoms with Crippen LogP contribution >= 0.6 is 0 Å². The average Bonchev–Trinajstić information content (AvgIpc) is 2.66. The van der Waals surface area contributed by atoms with E-state index in [0.29, 0.717) is 12.1 Å². The third kappa shape index (κ3) is 2.71. The summed E-state index contributed by atoms with van der Waals surface area (Å²) in [4.78, 5) is 2.51. The highest BCUT2D eigenvalue weighted by molar-refractivity contribution is 4.88. The normalized spacial score (nSPS) is 34.8. The molecule has 88 valence electrons. The predicted molar refractivity (Wildman–Crippen MR) is 61.9 cm³/mol. The molecule has 1 aliphatic heterocycles. The topological polar surface area (TPSA) is 35.5 Å². The summed E-state index contributed by atoms with van der Waals surface area (Å²) in [6.07, 6.45) is 5.86. The molecule has 2 fully saturated rings. The SMILES string of the molecule is CCNC1CCN(C2CCCC2O)CC1. The average molecular weight is 212 g/mol. The molecule has 0 spiro atoms. The van der Waals surface area contributed by atoms with Crippen LogP contribution in [0.4, 0.5) is 0 Å². The van der Waals surface area contributed by atoms with Crippen LogP contribution in [0.5, 0.6) is 0 Å². The van der Waals surface area contributed by atoms with E-state index >= 15 is 0 Å². The number of aliphatic hydroxyl groups is 1. The Balaban J connectivity index is 1.77. The van der Waals surface area contributed by atoms with Gasteiger partial charge in [0.1, 0.15) is 0 Å². The highest BCUT2D eigenvalue weighted by Gasteiger charge is 2.32. The van der Waals surface area contributed by atoms with Gasteiger partial charge < -0.3 is 10.4 Å². The summed E-state index contributed by atoms with van der Waals surface area (Å²) >= 11 is 0. The molecule has 2 unspecified atom stereocenters. The lowest BCUT2D eigenvalue weighted by atomic mass is 10.0. The Morgan fingerprint density at radius 2 is 1.93 bits per heavy atom. The summed E-state index contributed by atoms with van der Waals surface area (Å²) in [7, 11) is 0. The largest absolute Gasteiger partial charge is 0.391 e. The first-order valence-corrected chi connectivity index (χ1v) is 6.46. The zero-order valence-electron chi connectivity index (χ0n) is 9.78. The van der Waals surface area contributed by atoms with Gasteiger partial charge >= 0.3 is 0 Å². The van der Waals surface area contributed by atoms with Crippen LogP contribution in [0.15, 0.2) is 0 Å². The molecule has 3 heteroatoms. The number of rotatable bonds is 3. The molecule has 0 bridgehead atoms. The van der Waals surface area contributed by atoms with Crippen LogP contribution in [0, 0.1) is 0 Å². The molecular formula is C12H24N2O. The Morgan fingerprint density at radius 3 is 2.47 bits per heavy atom. The van der Waals surface area contributed by atoms with Gasteiger partial charge in [-0.1, -0.05) is 6.92 Å². The Hall–Kier alpha value is -0.120. The number of likely N-dealkylation sites (tertiary alicyclic amines) is 1. The second kappa shape index (κ2) is 5.28. The molecular weight excluding hydrogens is 188 g/mol. The van der Waals surface area contributed by atoms with Crippen molar-refractivity contribution >= 4 is 0 Å². The minimum absolute atomic E-state index is 0.0549. The highest BCUT2D eigenvalue weighted by atomic mass is 16.3. The van der Waals surface area contributed by atoms with E-state index < -0.39 is 0 Å². The lowest BCUT2D eigenvalue weighted by Crippen LogP contribution is -2.48. The van der Waals surface area contributed by atoms with E-state index in [9.17, 15) is 5.11 Å². The molecule has 0 aromatic heterocycles. The van der Waals surface area contributed by atoms with Gasteiger partial charge in [0.2, 0.25) is 0 Å². The van der Waals surface area contributed by atoms with Gasteiger partial charge in [-0.2, -0.15) is 0 Å². The maximum absolute atomic E-state index is 9.85. The van der Waals surface area contributed by atoms with Crippen LogP contribution in [0.25, 0.3) is 0 Å². The van der Waals surface area contributed by atoms with Gasteiger partial charge in [0, 0.05) is 25.2 Å². The third-order valence-corrected chi connectivity index (χ3v) is 3.94. The number of nitrogens with zero attached hydrogens (tertiary/aromatic N) is 1. The van der Waals surface area contributed by atoms with E-state index in [0.717, 1.165) is 13.0 Å². The monoisotopic (exact) mass is 212 g/mol. The van der Waals surface area contributed by atoms with Gasteiger partial charge in [0.15, 0.2) is 0 Å². The molecule has 2 atom stereocenters. The molecule has 1 heterocycles. The fourth-order valence-electron chi connectivity index (χ4n) is 3.07. The number of hydrogen-bond acceptors (Lipinski definition) is 3. The lowest BCUT2D eigenvalue weighted by molar-refractivity contribution is 0.0529. The molecule has 1 saturated carbocycles. The quantitative estimate of drug-likeness (QED) is 0.732. The van der Waals surface area contributed by atoms with Crippen molar-refractivity contribution in [3.63, 3.8) is 0 Å². The summed E-state index contributed by atoms with van der Waals surface area (Å²) in [6, 6.07) is 1.18. The Labute approximate surface area is 92.8 Å². The lowest BCUT2D eigenvalue weighted by Gasteiger charge is -2.37. The zero-order chi connectivity index (χ0) is 10.7. The van der Waals surface area contributed by atoms with Crippen molar-refractivity contribution in [2.24, 2.45) is 0 Å². The number of piperidine rings is 1. The van der Waals surface area contributed by atoms with E-state index in [1.54, 1.807) is 0 Å². The Morgan fingerprint density at radius 1 is 1.20 bits per heavy atom. The summed E-state index contributed by atoms with van der Waals surface area (Å²) in [5.74, 6) is 0. The third-order valence-electron chi connectivity index (χ3n) is 3.94.